The van der Waals surface area contributed by atoms with Crippen LogP contribution in [0.1, 0.15) is 31.4 Å². The first-order chi connectivity index (χ1) is 11.5. The minimum absolute atomic E-state index is 0.142. The van der Waals surface area contributed by atoms with Gasteiger partial charge >= 0.3 is 0 Å². The Kier molecular flexibility index (Phi) is 6.73. The van der Waals surface area contributed by atoms with Gasteiger partial charge in [0.25, 0.3) is 0 Å². The number of hydrogen-bond donors (Lipinski definition) is 1. The van der Waals surface area contributed by atoms with Gasteiger partial charge in [-0.1, -0.05) is 24.3 Å². The minimum atomic E-state index is 0.142. The second kappa shape index (κ2) is 8.78. The average Bonchev–Trinajstić information content (AvgIpc) is 2.57. The fourth-order valence-electron chi connectivity index (χ4n) is 2.63. The third kappa shape index (κ3) is 5.31. The quantitative estimate of drug-likeness (QED) is 0.753. The first-order valence-corrected chi connectivity index (χ1v) is 9.42. The van der Waals surface area contributed by atoms with Crippen LogP contribution in [-0.2, 0) is 17.8 Å². The van der Waals surface area contributed by atoms with Gasteiger partial charge in [-0.25, -0.2) is 0 Å². The second-order valence-corrected chi connectivity index (χ2v) is 7.02. The summed E-state index contributed by atoms with van der Waals surface area (Å²) in [6, 6.07) is 15.6. The molecule has 0 aliphatic heterocycles. The number of nitrogens with zero attached hydrogens (tertiary/aromatic N) is 1. The summed E-state index contributed by atoms with van der Waals surface area (Å²) in [5, 5.41) is 9.52. The monoisotopic (exact) mass is 343 g/mol. The van der Waals surface area contributed by atoms with Crippen molar-refractivity contribution >= 4 is 17.7 Å². The van der Waals surface area contributed by atoms with E-state index in [0.29, 0.717) is 19.4 Å². The van der Waals surface area contributed by atoms with Gasteiger partial charge < -0.3 is 10.0 Å². The smallest absolute Gasteiger partial charge is 0.223 e. The Bertz CT molecular complexity index is 685. The van der Waals surface area contributed by atoms with Gasteiger partial charge in [0.1, 0.15) is 5.75 Å². The number of aryl methyl sites for hydroxylation is 1. The molecule has 1 amide bonds. The van der Waals surface area contributed by atoms with E-state index < -0.39 is 0 Å². The Labute approximate surface area is 148 Å². The number of benzene rings is 2. The standard InChI is InChI=1S/C20H25NO2S/c1-15(2)21(14-17-7-5-9-19(13-17)24-3)20(23)11-10-16-6-4-8-18(22)12-16/h4-9,12-13,15,22H,10-11,14H2,1-3H3. The summed E-state index contributed by atoms with van der Waals surface area (Å²) < 4.78 is 0. The summed E-state index contributed by atoms with van der Waals surface area (Å²) in [5.74, 6) is 0.387. The van der Waals surface area contributed by atoms with Crippen LogP contribution in [0.3, 0.4) is 0 Å². The van der Waals surface area contributed by atoms with E-state index in [2.05, 4.69) is 24.5 Å². The zero-order valence-electron chi connectivity index (χ0n) is 14.5. The van der Waals surface area contributed by atoms with E-state index in [4.69, 9.17) is 0 Å². The summed E-state index contributed by atoms with van der Waals surface area (Å²) >= 11 is 1.71. The van der Waals surface area contributed by atoms with Crippen molar-refractivity contribution in [1.82, 2.24) is 4.90 Å². The van der Waals surface area contributed by atoms with Gasteiger partial charge in [0.05, 0.1) is 0 Å². The van der Waals surface area contributed by atoms with Crippen LogP contribution < -0.4 is 0 Å². The number of carbonyl (C=O) groups excluding carboxylic acids is 1. The lowest BCUT2D eigenvalue weighted by Crippen LogP contribution is -2.36. The van der Waals surface area contributed by atoms with Gasteiger partial charge in [-0.2, -0.15) is 0 Å². The number of phenols is 1. The molecule has 2 rings (SSSR count). The Balaban J connectivity index is 2.02. The third-order valence-corrected chi connectivity index (χ3v) is 4.69. The largest absolute Gasteiger partial charge is 0.508 e. The molecule has 24 heavy (non-hydrogen) atoms. The van der Waals surface area contributed by atoms with Gasteiger partial charge in [0, 0.05) is 23.9 Å². The van der Waals surface area contributed by atoms with E-state index in [0.717, 1.165) is 11.1 Å². The summed E-state index contributed by atoms with van der Waals surface area (Å²) in [7, 11) is 0. The molecule has 0 spiro atoms. The molecule has 128 valence electrons. The van der Waals surface area contributed by atoms with Crippen LogP contribution in [0.15, 0.2) is 53.4 Å². The molecule has 0 aliphatic carbocycles. The van der Waals surface area contributed by atoms with Crippen LogP contribution in [0.5, 0.6) is 5.75 Å². The lowest BCUT2D eigenvalue weighted by Gasteiger charge is -2.27. The van der Waals surface area contributed by atoms with Crippen LogP contribution in [0.2, 0.25) is 0 Å². The van der Waals surface area contributed by atoms with E-state index in [1.54, 1.807) is 23.9 Å². The summed E-state index contributed by atoms with van der Waals surface area (Å²) in [6.07, 6.45) is 3.14. The van der Waals surface area contributed by atoms with E-state index in [1.807, 2.05) is 36.9 Å². The molecule has 0 unspecified atom stereocenters. The predicted molar refractivity (Wildman–Crippen MR) is 100 cm³/mol. The molecule has 1 N–H and O–H groups in total. The summed E-state index contributed by atoms with van der Waals surface area (Å²) in [5.41, 5.74) is 2.14. The molecule has 0 saturated heterocycles. The molecule has 0 atom stereocenters. The normalized spacial score (nSPS) is 10.8. The highest BCUT2D eigenvalue weighted by Crippen LogP contribution is 2.19. The predicted octanol–water partition coefficient (Wildman–Crippen LogP) is 4.48. The van der Waals surface area contributed by atoms with Crippen molar-refractivity contribution in [3.05, 3.63) is 59.7 Å². The van der Waals surface area contributed by atoms with Crippen molar-refractivity contribution in [2.45, 2.75) is 44.2 Å². The zero-order chi connectivity index (χ0) is 17.5. The highest BCUT2D eigenvalue weighted by molar-refractivity contribution is 7.98. The fraction of sp³-hybridized carbons (Fsp3) is 0.350. The molecule has 2 aromatic rings. The van der Waals surface area contributed by atoms with Crippen LogP contribution >= 0.6 is 11.8 Å². The SMILES string of the molecule is CSc1cccc(CN(C(=O)CCc2cccc(O)c2)C(C)C)c1. The van der Waals surface area contributed by atoms with Crippen molar-refractivity contribution < 1.29 is 9.90 Å². The van der Waals surface area contributed by atoms with Crippen LogP contribution in [0.25, 0.3) is 0 Å². The topological polar surface area (TPSA) is 40.5 Å². The van der Waals surface area contributed by atoms with Crippen molar-refractivity contribution in [3.63, 3.8) is 0 Å². The van der Waals surface area contributed by atoms with Crippen LogP contribution in [-0.4, -0.2) is 28.2 Å². The van der Waals surface area contributed by atoms with E-state index >= 15 is 0 Å². The van der Waals surface area contributed by atoms with Gasteiger partial charge in [0.15, 0.2) is 0 Å². The number of carbonyl (C=O) groups is 1. The van der Waals surface area contributed by atoms with E-state index in [9.17, 15) is 9.90 Å². The van der Waals surface area contributed by atoms with E-state index in [1.165, 1.54) is 4.90 Å². The Hall–Kier alpha value is -1.94. The second-order valence-electron chi connectivity index (χ2n) is 6.14. The number of aromatic hydroxyl groups is 1. The molecular weight excluding hydrogens is 318 g/mol. The van der Waals surface area contributed by atoms with Crippen molar-refractivity contribution in [3.8, 4) is 5.75 Å². The maximum Gasteiger partial charge on any atom is 0.223 e. The molecule has 0 bridgehead atoms. The fourth-order valence-corrected chi connectivity index (χ4v) is 3.12. The van der Waals surface area contributed by atoms with E-state index in [-0.39, 0.29) is 17.7 Å². The van der Waals surface area contributed by atoms with Gasteiger partial charge in [-0.05, 0) is 61.9 Å². The number of phenolic OH excluding ortho intramolecular Hbond substituents is 1. The maximum absolute atomic E-state index is 12.7. The van der Waals surface area contributed by atoms with Crippen molar-refractivity contribution in [2.75, 3.05) is 6.26 Å². The molecule has 2 aromatic carbocycles. The lowest BCUT2D eigenvalue weighted by atomic mass is 10.1. The average molecular weight is 343 g/mol. The van der Waals surface area contributed by atoms with Crippen molar-refractivity contribution in [2.24, 2.45) is 0 Å². The number of thioether (sulfide) groups is 1. The van der Waals surface area contributed by atoms with Crippen LogP contribution in [0.4, 0.5) is 0 Å². The highest BCUT2D eigenvalue weighted by atomic mass is 32.2. The molecule has 0 radical (unpaired) electrons. The molecule has 0 heterocycles. The molecule has 0 fully saturated rings. The van der Waals surface area contributed by atoms with Gasteiger partial charge in [0.2, 0.25) is 5.91 Å². The summed E-state index contributed by atoms with van der Waals surface area (Å²) in [6.45, 7) is 4.72. The van der Waals surface area contributed by atoms with Gasteiger partial charge in [-0.15, -0.1) is 11.8 Å². The zero-order valence-corrected chi connectivity index (χ0v) is 15.3. The maximum atomic E-state index is 12.7. The van der Waals surface area contributed by atoms with Crippen LogP contribution in [0, 0.1) is 0 Å². The molecule has 0 aromatic heterocycles. The molecule has 0 saturated carbocycles. The third-order valence-electron chi connectivity index (χ3n) is 3.97. The Morgan fingerprint density at radius 1 is 1.12 bits per heavy atom. The van der Waals surface area contributed by atoms with Gasteiger partial charge in [-0.3, -0.25) is 4.79 Å². The van der Waals surface area contributed by atoms with Crippen molar-refractivity contribution in [1.29, 1.82) is 0 Å². The first kappa shape index (κ1) is 18.4. The Morgan fingerprint density at radius 2 is 1.83 bits per heavy atom. The highest BCUT2D eigenvalue weighted by Gasteiger charge is 2.17. The minimum Gasteiger partial charge on any atom is -0.508 e. The lowest BCUT2D eigenvalue weighted by molar-refractivity contribution is -0.133. The number of amides is 1. The molecule has 3 nitrogen and oxygen atoms in total. The Morgan fingerprint density at radius 3 is 2.50 bits per heavy atom. The summed E-state index contributed by atoms with van der Waals surface area (Å²) in [4.78, 5) is 15.8. The first-order valence-electron chi connectivity index (χ1n) is 8.20. The molecular formula is C20H25NO2S. The number of hydrogen-bond acceptors (Lipinski definition) is 3. The molecule has 0 aliphatic rings. The molecule has 4 heteroatoms. The number of rotatable bonds is 7.